The summed E-state index contributed by atoms with van der Waals surface area (Å²) >= 11 is 0. The van der Waals surface area contributed by atoms with Gasteiger partial charge in [0.25, 0.3) is 5.91 Å². The Hall–Kier alpha value is -2.75. The van der Waals surface area contributed by atoms with Crippen molar-refractivity contribution in [3.05, 3.63) is 65.4 Å². The van der Waals surface area contributed by atoms with Gasteiger partial charge < -0.3 is 14.2 Å². The molecule has 1 aliphatic heterocycles. The molecular weight excluding hydrogens is 300 g/mol. The Morgan fingerprint density at radius 3 is 2.62 bits per heavy atom. The zero-order valence-electron chi connectivity index (χ0n) is 14.0. The first-order valence-electron chi connectivity index (χ1n) is 8.21. The number of anilines is 1. The number of benzene rings is 2. The van der Waals surface area contributed by atoms with Gasteiger partial charge in [0.1, 0.15) is 5.58 Å². The number of rotatable bonds is 1. The van der Waals surface area contributed by atoms with Gasteiger partial charge in [0.2, 0.25) is 0 Å². The van der Waals surface area contributed by atoms with Gasteiger partial charge in [0, 0.05) is 43.3 Å². The van der Waals surface area contributed by atoms with E-state index in [0.717, 1.165) is 23.1 Å². The van der Waals surface area contributed by atoms with E-state index in [1.54, 1.807) is 0 Å². The van der Waals surface area contributed by atoms with Crippen molar-refractivity contribution in [2.75, 3.05) is 25.0 Å². The molecule has 0 saturated carbocycles. The van der Waals surface area contributed by atoms with E-state index in [1.165, 1.54) is 11.3 Å². The molecule has 2 heterocycles. The highest BCUT2D eigenvalue weighted by Crippen LogP contribution is 2.28. The van der Waals surface area contributed by atoms with E-state index >= 15 is 0 Å². The number of nitrogens with zero attached hydrogens (tertiary/aromatic N) is 2. The van der Waals surface area contributed by atoms with Crippen molar-refractivity contribution in [1.29, 1.82) is 0 Å². The van der Waals surface area contributed by atoms with Crippen LogP contribution in [0.3, 0.4) is 0 Å². The van der Waals surface area contributed by atoms with Gasteiger partial charge in [0.05, 0.1) is 0 Å². The molecule has 0 atom stereocenters. The van der Waals surface area contributed by atoms with Crippen molar-refractivity contribution >= 4 is 22.6 Å². The Bertz CT molecular complexity index is 913. The molecule has 0 fully saturated rings. The maximum Gasteiger partial charge on any atom is 0.290 e. The van der Waals surface area contributed by atoms with Crippen LogP contribution in [-0.2, 0) is 6.54 Å². The third-order valence-electron chi connectivity index (χ3n) is 4.79. The van der Waals surface area contributed by atoms with Crippen LogP contribution in [0.1, 0.15) is 21.7 Å². The molecule has 3 aromatic rings. The fourth-order valence-electron chi connectivity index (χ4n) is 3.39. The molecule has 1 aromatic heterocycles. The van der Waals surface area contributed by atoms with E-state index in [-0.39, 0.29) is 5.91 Å². The molecule has 1 amide bonds. The first kappa shape index (κ1) is 14.8. The molecule has 1 aliphatic rings. The molecule has 0 spiro atoms. The summed E-state index contributed by atoms with van der Waals surface area (Å²) < 4.78 is 5.86. The zero-order chi connectivity index (χ0) is 16.7. The molecule has 24 heavy (non-hydrogen) atoms. The number of para-hydroxylation sites is 2. The Morgan fingerprint density at radius 2 is 1.79 bits per heavy atom. The van der Waals surface area contributed by atoms with E-state index in [9.17, 15) is 4.79 Å². The topological polar surface area (TPSA) is 36.7 Å². The molecule has 4 rings (SSSR count). The minimum atomic E-state index is -0.0335. The molecule has 0 unspecified atom stereocenters. The smallest absolute Gasteiger partial charge is 0.290 e. The van der Waals surface area contributed by atoms with E-state index in [4.69, 9.17) is 4.42 Å². The fraction of sp³-hybridized carbons (Fsp3) is 0.250. The second-order valence-electron chi connectivity index (χ2n) is 6.33. The number of hydrogen-bond acceptors (Lipinski definition) is 3. The zero-order valence-corrected chi connectivity index (χ0v) is 14.0. The SMILES string of the molecule is Cc1c(C(=O)N2CCN(C)c3ccccc3C2)oc2ccccc12. The van der Waals surface area contributed by atoms with Gasteiger partial charge in [-0.2, -0.15) is 0 Å². The molecule has 4 heteroatoms. The summed E-state index contributed by atoms with van der Waals surface area (Å²) in [4.78, 5) is 17.2. The van der Waals surface area contributed by atoms with Crippen LogP contribution in [0.2, 0.25) is 0 Å². The summed E-state index contributed by atoms with van der Waals surface area (Å²) in [5.41, 5.74) is 4.04. The number of aryl methyl sites for hydroxylation is 1. The molecule has 0 bridgehead atoms. The van der Waals surface area contributed by atoms with Crippen molar-refractivity contribution in [3.8, 4) is 0 Å². The minimum Gasteiger partial charge on any atom is -0.451 e. The quantitative estimate of drug-likeness (QED) is 0.684. The molecule has 4 nitrogen and oxygen atoms in total. The van der Waals surface area contributed by atoms with Crippen molar-refractivity contribution in [2.24, 2.45) is 0 Å². The van der Waals surface area contributed by atoms with Crippen LogP contribution in [0.5, 0.6) is 0 Å². The largest absolute Gasteiger partial charge is 0.451 e. The maximum absolute atomic E-state index is 13.1. The second-order valence-corrected chi connectivity index (χ2v) is 6.33. The molecule has 0 aliphatic carbocycles. The number of amides is 1. The minimum absolute atomic E-state index is 0.0335. The van der Waals surface area contributed by atoms with Gasteiger partial charge in [-0.25, -0.2) is 0 Å². The van der Waals surface area contributed by atoms with E-state index in [1.807, 2.05) is 48.2 Å². The van der Waals surface area contributed by atoms with E-state index in [2.05, 4.69) is 24.1 Å². The summed E-state index contributed by atoms with van der Waals surface area (Å²) in [5.74, 6) is 0.423. The summed E-state index contributed by atoms with van der Waals surface area (Å²) in [6.07, 6.45) is 0. The summed E-state index contributed by atoms with van der Waals surface area (Å²) in [5, 5.41) is 1.01. The van der Waals surface area contributed by atoms with Gasteiger partial charge >= 0.3 is 0 Å². The van der Waals surface area contributed by atoms with Crippen molar-refractivity contribution < 1.29 is 9.21 Å². The van der Waals surface area contributed by atoms with Crippen LogP contribution in [0.15, 0.2) is 52.9 Å². The Balaban J connectivity index is 1.70. The molecule has 0 radical (unpaired) electrons. The first-order valence-corrected chi connectivity index (χ1v) is 8.21. The lowest BCUT2D eigenvalue weighted by atomic mass is 10.1. The predicted octanol–water partition coefficient (Wildman–Crippen LogP) is 3.83. The van der Waals surface area contributed by atoms with Gasteiger partial charge in [0.15, 0.2) is 5.76 Å². The highest BCUT2D eigenvalue weighted by molar-refractivity contribution is 5.99. The fourth-order valence-corrected chi connectivity index (χ4v) is 3.39. The van der Waals surface area contributed by atoms with Crippen LogP contribution >= 0.6 is 0 Å². The third kappa shape index (κ3) is 2.35. The third-order valence-corrected chi connectivity index (χ3v) is 4.79. The standard InChI is InChI=1S/C20H20N2O2/c1-14-16-8-4-6-10-18(16)24-19(14)20(23)22-12-11-21(2)17-9-5-3-7-15(17)13-22/h3-10H,11-13H2,1-2H3. The maximum atomic E-state index is 13.1. The van der Waals surface area contributed by atoms with E-state index < -0.39 is 0 Å². The Labute approximate surface area is 141 Å². The van der Waals surface area contributed by atoms with Gasteiger partial charge in [-0.1, -0.05) is 36.4 Å². The highest BCUT2D eigenvalue weighted by atomic mass is 16.3. The van der Waals surface area contributed by atoms with Gasteiger partial charge in [-0.05, 0) is 24.6 Å². The van der Waals surface area contributed by atoms with Crippen LogP contribution in [-0.4, -0.2) is 30.9 Å². The van der Waals surface area contributed by atoms with Crippen LogP contribution in [0.25, 0.3) is 11.0 Å². The van der Waals surface area contributed by atoms with Crippen molar-refractivity contribution in [3.63, 3.8) is 0 Å². The molecule has 0 saturated heterocycles. The van der Waals surface area contributed by atoms with Crippen LogP contribution in [0, 0.1) is 6.92 Å². The lowest BCUT2D eigenvalue weighted by Gasteiger charge is -2.20. The average Bonchev–Trinajstić information content (AvgIpc) is 2.85. The molecule has 122 valence electrons. The Morgan fingerprint density at radius 1 is 1.04 bits per heavy atom. The monoisotopic (exact) mass is 320 g/mol. The van der Waals surface area contributed by atoms with E-state index in [0.29, 0.717) is 18.8 Å². The van der Waals surface area contributed by atoms with Crippen LogP contribution in [0.4, 0.5) is 5.69 Å². The molecule has 2 aromatic carbocycles. The van der Waals surface area contributed by atoms with Crippen LogP contribution < -0.4 is 4.90 Å². The first-order chi connectivity index (χ1) is 11.6. The normalized spacial score (nSPS) is 14.6. The number of carbonyl (C=O) groups excluding carboxylic acids is 1. The number of hydrogen-bond donors (Lipinski definition) is 0. The number of fused-ring (bicyclic) bond motifs is 2. The highest BCUT2D eigenvalue weighted by Gasteiger charge is 2.26. The summed E-state index contributed by atoms with van der Waals surface area (Å²) in [6.45, 7) is 4.05. The predicted molar refractivity (Wildman–Crippen MR) is 95.4 cm³/mol. The number of carbonyl (C=O) groups is 1. The molecular formula is C20H20N2O2. The lowest BCUT2D eigenvalue weighted by molar-refractivity contribution is 0.0721. The molecule has 0 N–H and O–H groups in total. The Kier molecular flexibility index (Phi) is 3.53. The van der Waals surface area contributed by atoms with Gasteiger partial charge in [-0.3, -0.25) is 4.79 Å². The van der Waals surface area contributed by atoms with Gasteiger partial charge in [-0.15, -0.1) is 0 Å². The van der Waals surface area contributed by atoms with Crippen molar-refractivity contribution in [2.45, 2.75) is 13.5 Å². The van der Waals surface area contributed by atoms with Crippen molar-refractivity contribution in [1.82, 2.24) is 4.90 Å². The summed E-state index contributed by atoms with van der Waals surface area (Å²) in [6, 6.07) is 16.1. The number of likely N-dealkylation sites (N-methyl/N-ethyl adjacent to an activating group) is 1. The lowest BCUT2D eigenvalue weighted by Crippen LogP contribution is -2.34. The average molecular weight is 320 g/mol. The summed E-state index contributed by atoms with van der Waals surface area (Å²) in [7, 11) is 2.07. The second kappa shape index (κ2) is 5.71. The number of furan rings is 1.